The van der Waals surface area contributed by atoms with E-state index < -0.39 is 5.91 Å². The molecule has 33 heavy (non-hydrogen) atoms. The van der Waals surface area contributed by atoms with Crippen LogP contribution in [-0.4, -0.2) is 40.9 Å². The predicted molar refractivity (Wildman–Crippen MR) is 131 cm³/mol. The van der Waals surface area contributed by atoms with Crippen LogP contribution < -0.4 is 11.1 Å². The van der Waals surface area contributed by atoms with E-state index in [4.69, 9.17) is 10.5 Å². The van der Waals surface area contributed by atoms with Gasteiger partial charge in [-0.05, 0) is 69.6 Å². The minimum absolute atomic E-state index is 0.313. The smallest absolute Gasteiger partial charge is 0.268 e. The molecule has 2 aromatic heterocycles. The van der Waals surface area contributed by atoms with Gasteiger partial charge in [0, 0.05) is 40.0 Å². The molecule has 1 aliphatic heterocycles. The number of aromatic amines is 1. The SMILES string of the molecule is CNCCCN1C(C(N)=O)=COC1c1ccc2[nH]c(-c3cc(C)nc(C)c3)c(C(C)C)c2c1. The number of carbonyl (C=O) groups excluding carboxylic acids is 1. The molecule has 0 spiro atoms. The van der Waals surface area contributed by atoms with Crippen molar-refractivity contribution in [2.24, 2.45) is 5.73 Å². The van der Waals surface area contributed by atoms with Crippen LogP contribution in [0.15, 0.2) is 42.3 Å². The Morgan fingerprint density at radius 2 is 1.97 bits per heavy atom. The van der Waals surface area contributed by atoms with Crippen LogP contribution in [0.2, 0.25) is 0 Å². The summed E-state index contributed by atoms with van der Waals surface area (Å²) in [6.45, 7) is 9.98. The van der Waals surface area contributed by atoms with E-state index in [1.165, 1.54) is 11.8 Å². The maximum atomic E-state index is 12.0. The molecule has 1 atom stereocenters. The number of H-pyrrole nitrogens is 1. The monoisotopic (exact) mass is 447 g/mol. The second-order valence-corrected chi connectivity index (χ2v) is 9.02. The Hall–Kier alpha value is -3.32. The first-order valence-electron chi connectivity index (χ1n) is 11.5. The third-order valence-electron chi connectivity index (χ3n) is 6.07. The molecule has 1 aliphatic rings. The first-order valence-corrected chi connectivity index (χ1v) is 11.5. The molecular weight excluding hydrogens is 414 g/mol. The summed E-state index contributed by atoms with van der Waals surface area (Å²) >= 11 is 0. The first-order chi connectivity index (χ1) is 15.8. The quantitative estimate of drug-likeness (QED) is 0.449. The number of nitrogens with one attached hydrogen (secondary N) is 2. The first kappa shape index (κ1) is 22.9. The van der Waals surface area contributed by atoms with Crippen LogP contribution in [0.1, 0.15) is 54.9 Å². The zero-order valence-electron chi connectivity index (χ0n) is 20.0. The lowest BCUT2D eigenvalue weighted by Crippen LogP contribution is -2.33. The fourth-order valence-electron chi connectivity index (χ4n) is 4.71. The van der Waals surface area contributed by atoms with E-state index in [2.05, 4.69) is 59.5 Å². The largest absolute Gasteiger partial charge is 0.471 e. The lowest BCUT2D eigenvalue weighted by atomic mass is 9.95. The molecule has 0 aliphatic carbocycles. The summed E-state index contributed by atoms with van der Waals surface area (Å²) in [4.78, 5) is 22.1. The number of nitrogens with zero attached hydrogens (tertiary/aromatic N) is 2. The molecule has 0 bridgehead atoms. The van der Waals surface area contributed by atoms with E-state index in [0.717, 1.165) is 52.1 Å². The molecule has 0 fully saturated rings. The molecule has 1 amide bonds. The van der Waals surface area contributed by atoms with E-state index in [9.17, 15) is 4.79 Å². The Labute approximate surface area is 195 Å². The molecule has 3 heterocycles. The number of fused-ring (bicyclic) bond motifs is 1. The van der Waals surface area contributed by atoms with Crippen LogP contribution in [0.3, 0.4) is 0 Å². The molecule has 0 saturated carbocycles. The highest BCUT2D eigenvalue weighted by Crippen LogP contribution is 2.39. The highest BCUT2D eigenvalue weighted by molar-refractivity contribution is 5.93. The molecule has 4 N–H and O–H groups in total. The number of nitrogens with two attached hydrogens (primary N) is 1. The van der Waals surface area contributed by atoms with Gasteiger partial charge in [-0.25, -0.2) is 0 Å². The molecule has 0 radical (unpaired) electrons. The van der Waals surface area contributed by atoms with E-state index >= 15 is 0 Å². The Morgan fingerprint density at radius 1 is 1.24 bits per heavy atom. The van der Waals surface area contributed by atoms with Gasteiger partial charge in [0.05, 0.1) is 5.69 Å². The number of pyridine rings is 1. The normalized spacial score (nSPS) is 15.9. The van der Waals surface area contributed by atoms with Crippen molar-refractivity contribution >= 4 is 16.8 Å². The number of amides is 1. The number of primary amides is 1. The van der Waals surface area contributed by atoms with E-state index in [0.29, 0.717) is 18.2 Å². The standard InChI is InChI=1S/C26H33N5O2/c1-15(2)23-20-13-18(26-31(10-6-9-28-5)22(14-33-26)25(27)32)7-8-21(20)30-24(23)19-11-16(3)29-17(4)12-19/h7-8,11-15,26,28,30H,6,9-10H2,1-5H3,(H2,27,32). The van der Waals surface area contributed by atoms with Gasteiger partial charge < -0.3 is 25.7 Å². The fraction of sp³-hybridized carbons (Fsp3) is 0.385. The van der Waals surface area contributed by atoms with Gasteiger partial charge >= 0.3 is 0 Å². The van der Waals surface area contributed by atoms with Crippen molar-refractivity contribution in [3.8, 4) is 11.3 Å². The zero-order chi connectivity index (χ0) is 23.7. The molecule has 7 heteroatoms. The van der Waals surface area contributed by atoms with Gasteiger partial charge in [0.15, 0.2) is 6.23 Å². The molecule has 174 valence electrons. The maximum absolute atomic E-state index is 12.0. The number of benzene rings is 1. The summed E-state index contributed by atoms with van der Waals surface area (Å²) in [5.74, 6) is -0.161. The van der Waals surface area contributed by atoms with Gasteiger partial charge in [0.25, 0.3) is 5.91 Å². The summed E-state index contributed by atoms with van der Waals surface area (Å²) in [7, 11) is 1.92. The number of hydrogen-bond donors (Lipinski definition) is 3. The van der Waals surface area contributed by atoms with E-state index in [-0.39, 0.29) is 6.23 Å². The summed E-state index contributed by atoms with van der Waals surface area (Å²) in [6.07, 6.45) is 1.98. The number of aryl methyl sites for hydroxylation is 2. The average Bonchev–Trinajstić information content (AvgIpc) is 3.34. The van der Waals surface area contributed by atoms with Crippen molar-refractivity contribution in [1.82, 2.24) is 20.2 Å². The molecule has 7 nitrogen and oxygen atoms in total. The highest BCUT2D eigenvalue weighted by Gasteiger charge is 2.32. The van der Waals surface area contributed by atoms with Crippen molar-refractivity contribution in [3.63, 3.8) is 0 Å². The lowest BCUT2D eigenvalue weighted by molar-refractivity contribution is -0.116. The minimum atomic E-state index is -0.474. The number of carbonyl (C=O) groups is 1. The van der Waals surface area contributed by atoms with Crippen molar-refractivity contribution in [1.29, 1.82) is 0 Å². The fourth-order valence-corrected chi connectivity index (χ4v) is 4.71. The predicted octanol–water partition coefficient (Wildman–Crippen LogP) is 4.24. The number of rotatable bonds is 8. The molecule has 3 aromatic rings. The Kier molecular flexibility index (Phi) is 6.42. The Balaban J connectivity index is 1.77. The van der Waals surface area contributed by atoms with Gasteiger partial charge in [-0.1, -0.05) is 19.9 Å². The third kappa shape index (κ3) is 4.46. The van der Waals surface area contributed by atoms with Crippen LogP contribution in [-0.2, 0) is 9.53 Å². The van der Waals surface area contributed by atoms with Crippen LogP contribution >= 0.6 is 0 Å². The maximum Gasteiger partial charge on any atom is 0.268 e. The molecular formula is C26H33N5O2. The number of ether oxygens (including phenoxy) is 1. The number of aromatic nitrogens is 2. The van der Waals surface area contributed by atoms with Crippen LogP contribution in [0.4, 0.5) is 0 Å². The van der Waals surface area contributed by atoms with E-state index in [1.54, 1.807) is 0 Å². The molecule has 1 unspecified atom stereocenters. The molecule has 4 rings (SSSR count). The second kappa shape index (κ2) is 9.27. The molecule has 1 aromatic carbocycles. The summed E-state index contributed by atoms with van der Waals surface area (Å²) in [5.41, 5.74) is 13.6. The van der Waals surface area contributed by atoms with Crippen molar-refractivity contribution in [2.75, 3.05) is 20.1 Å². The van der Waals surface area contributed by atoms with E-state index in [1.807, 2.05) is 25.8 Å². The topological polar surface area (TPSA) is 96.3 Å². The average molecular weight is 448 g/mol. The Bertz CT molecular complexity index is 1190. The highest BCUT2D eigenvalue weighted by atomic mass is 16.5. The van der Waals surface area contributed by atoms with Gasteiger partial charge in [-0.2, -0.15) is 0 Å². The van der Waals surface area contributed by atoms with Crippen molar-refractivity contribution < 1.29 is 9.53 Å². The zero-order valence-corrected chi connectivity index (χ0v) is 20.0. The second-order valence-electron chi connectivity index (χ2n) is 9.02. The summed E-state index contributed by atoms with van der Waals surface area (Å²) in [6, 6.07) is 10.6. The van der Waals surface area contributed by atoms with Crippen LogP contribution in [0, 0.1) is 13.8 Å². The summed E-state index contributed by atoms with van der Waals surface area (Å²) in [5, 5.41) is 4.31. The van der Waals surface area contributed by atoms with Gasteiger partial charge in [-0.3, -0.25) is 9.78 Å². The number of hydrogen-bond acceptors (Lipinski definition) is 5. The third-order valence-corrected chi connectivity index (χ3v) is 6.07. The van der Waals surface area contributed by atoms with Crippen LogP contribution in [0.5, 0.6) is 0 Å². The minimum Gasteiger partial charge on any atom is -0.471 e. The summed E-state index contributed by atoms with van der Waals surface area (Å²) < 4.78 is 5.95. The Morgan fingerprint density at radius 3 is 2.61 bits per heavy atom. The van der Waals surface area contributed by atoms with Gasteiger partial charge in [-0.15, -0.1) is 0 Å². The van der Waals surface area contributed by atoms with Crippen LogP contribution in [0.25, 0.3) is 22.2 Å². The molecule has 0 saturated heterocycles. The van der Waals surface area contributed by atoms with Gasteiger partial charge in [0.2, 0.25) is 0 Å². The van der Waals surface area contributed by atoms with Gasteiger partial charge in [0.1, 0.15) is 12.0 Å². The van der Waals surface area contributed by atoms with Crippen molar-refractivity contribution in [2.45, 2.75) is 46.3 Å². The van der Waals surface area contributed by atoms with Crippen molar-refractivity contribution in [3.05, 3.63) is 64.8 Å². The lowest BCUT2D eigenvalue weighted by Gasteiger charge is -2.27.